The predicted molar refractivity (Wildman–Crippen MR) is 107 cm³/mol. The van der Waals surface area contributed by atoms with Gasteiger partial charge in [0.25, 0.3) is 0 Å². The van der Waals surface area contributed by atoms with Crippen molar-refractivity contribution in [1.82, 2.24) is 9.97 Å². The lowest BCUT2D eigenvalue weighted by Crippen LogP contribution is -2.28. The van der Waals surface area contributed by atoms with Gasteiger partial charge in [0.2, 0.25) is 0 Å². The largest absolute Gasteiger partial charge is 0.496 e. The van der Waals surface area contributed by atoms with Crippen LogP contribution >= 0.6 is 11.3 Å². The van der Waals surface area contributed by atoms with E-state index in [9.17, 15) is 23.1 Å². The Morgan fingerprint density at radius 1 is 1.23 bits per heavy atom. The third-order valence-electron chi connectivity index (χ3n) is 4.52. The van der Waals surface area contributed by atoms with E-state index in [1.54, 1.807) is 18.5 Å². The van der Waals surface area contributed by atoms with Gasteiger partial charge in [0.15, 0.2) is 0 Å². The molecule has 6 nitrogen and oxygen atoms in total. The first-order valence-electron chi connectivity index (χ1n) is 8.73. The topological polar surface area (TPSA) is 75.5 Å². The highest BCUT2D eigenvalue weighted by molar-refractivity contribution is 7.14. The number of nitrogens with zero attached hydrogens (tertiary/aromatic N) is 3. The van der Waals surface area contributed by atoms with Gasteiger partial charge in [-0.05, 0) is 43.2 Å². The first-order valence-corrected chi connectivity index (χ1v) is 9.61. The molecule has 0 fully saturated rings. The van der Waals surface area contributed by atoms with Crippen molar-refractivity contribution in [2.24, 2.45) is 0 Å². The molecular formula is C20H18F3N3O3S. The van der Waals surface area contributed by atoms with Crippen molar-refractivity contribution >= 4 is 22.4 Å². The van der Waals surface area contributed by atoms with Gasteiger partial charge in [-0.1, -0.05) is 0 Å². The molecule has 158 valence electrons. The molecule has 3 rings (SSSR count). The number of carboxylic acid groups (broad SMARTS) is 1. The monoisotopic (exact) mass is 437 g/mol. The van der Waals surface area contributed by atoms with Crippen LogP contribution in [0.15, 0.2) is 36.0 Å². The molecule has 1 N–H and O–H groups in total. The Kier molecular flexibility index (Phi) is 5.97. The number of aromatic nitrogens is 2. The summed E-state index contributed by atoms with van der Waals surface area (Å²) in [6.07, 6.45) is -3.07. The lowest BCUT2D eigenvalue weighted by atomic mass is 10.1. The van der Waals surface area contributed by atoms with Gasteiger partial charge in [0.05, 0.1) is 19.3 Å². The van der Waals surface area contributed by atoms with Gasteiger partial charge in [0.1, 0.15) is 16.4 Å². The number of thiophene rings is 1. The highest BCUT2D eigenvalue weighted by Gasteiger charge is 2.32. The van der Waals surface area contributed by atoms with Crippen LogP contribution in [0.5, 0.6) is 5.75 Å². The van der Waals surface area contributed by atoms with E-state index in [1.807, 2.05) is 6.92 Å². The van der Waals surface area contributed by atoms with E-state index in [2.05, 4.69) is 9.97 Å². The lowest BCUT2D eigenvalue weighted by Gasteiger charge is -2.19. The Labute approximate surface area is 174 Å². The molecule has 1 amide bonds. The van der Waals surface area contributed by atoms with Crippen LogP contribution in [0.1, 0.15) is 22.5 Å². The van der Waals surface area contributed by atoms with Crippen molar-refractivity contribution in [1.29, 1.82) is 0 Å². The number of rotatable bonds is 5. The molecule has 0 saturated carbocycles. The Bertz CT molecular complexity index is 1080. The Balaban J connectivity index is 1.93. The maximum Gasteiger partial charge on any atom is 0.433 e. The quantitative estimate of drug-likeness (QED) is 0.568. The van der Waals surface area contributed by atoms with Crippen molar-refractivity contribution < 1.29 is 27.8 Å². The molecule has 0 aliphatic heterocycles. The standard InChI is InChI=1S/C20H18F3N3O3S/c1-11-8-25-15(12(2)18(11)29-3)9-26(19(27)28)17-7-14(10-30-17)13-4-5-24-16(6-13)20(21,22)23/h4-8,10H,9H2,1-3H3,(H,27,28). The van der Waals surface area contributed by atoms with Gasteiger partial charge < -0.3 is 9.84 Å². The fourth-order valence-corrected chi connectivity index (χ4v) is 3.92. The molecule has 3 heterocycles. The molecule has 0 unspecified atom stereocenters. The average molecular weight is 437 g/mol. The summed E-state index contributed by atoms with van der Waals surface area (Å²) in [7, 11) is 1.53. The zero-order valence-electron chi connectivity index (χ0n) is 16.3. The van der Waals surface area contributed by atoms with Gasteiger partial charge >= 0.3 is 12.3 Å². The normalized spacial score (nSPS) is 11.4. The van der Waals surface area contributed by atoms with E-state index in [-0.39, 0.29) is 6.54 Å². The smallest absolute Gasteiger partial charge is 0.433 e. The van der Waals surface area contributed by atoms with Gasteiger partial charge in [-0.15, -0.1) is 11.3 Å². The highest BCUT2D eigenvalue weighted by Crippen LogP contribution is 2.35. The van der Waals surface area contributed by atoms with Crippen LogP contribution in [-0.4, -0.2) is 28.3 Å². The maximum atomic E-state index is 12.9. The number of aryl methyl sites for hydroxylation is 1. The number of hydrogen-bond donors (Lipinski definition) is 1. The summed E-state index contributed by atoms with van der Waals surface area (Å²) in [5.74, 6) is 0.633. The molecule has 0 aliphatic rings. The lowest BCUT2D eigenvalue weighted by molar-refractivity contribution is -0.141. The molecule has 0 bridgehead atoms. The first kappa shape index (κ1) is 21.6. The molecule has 3 aromatic rings. The van der Waals surface area contributed by atoms with E-state index in [4.69, 9.17) is 4.74 Å². The van der Waals surface area contributed by atoms with Crippen LogP contribution in [0, 0.1) is 13.8 Å². The van der Waals surface area contributed by atoms with Crippen molar-refractivity contribution in [3.63, 3.8) is 0 Å². The van der Waals surface area contributed by atoms with Gasteiger partial charge in [-0.25, -0.2) is 4.79 Å². The number of pyridine rings is 2. The first-order chi connectivity index (χ1) is 14.1. The zero-order chi connectivity index (χ0) is 22.1. The van der Waals surface area contributed by atoms with E-state index in [1.165, 1.54) is 19.2 Å². The molecule has 0 aromatic carbocycles. The molecule has 0 saturated heterocycles. The fraction of sp³-hybridized carbons (Fsp3) is 0.250. The van der Waals surface area contributed by atoms with E-state index >= 15 is 0 Å². The zero-order valence-corrected chi connectivity index (χ0v) is 17.1. The van der Waals surface area contributed by atoms with Crippen LogP contribution in [-0.2, 0) is 12.7 Å². The third kappa shape index (κ3) is 4.38. The number of alkyl halides is 3. The fourth-order valence-electron chi connectivity index (χ4n) is 3.00. The summed E-state index contributed by atoms with van der Waals surface area (Å²) in [4.78, 5) is 20.7. The second-order valence-corrected chi connectivity index (χ2v) is 7.41. The number of carbonyl (C=O) groups is 1. The van der Waals surface area contributed by atoms with Crippen molar-refractivity contribution in [2.45, 2.75) is 26.6 Å². The second-order valence-electron chi connectivity index (χ2n) is 6.52. The third-order valence-corrected chi connectivity index (χ3v) is 5.48. The minimum absolute atomic E-state index is 0.0259. The average Bonchev–Trinajstić information content (AvgIpc) is 3.17. The molecule has 0 atom stereocenters. The van der Waals surface area contributed by atoms with E-state index in [0.29, 0.717) is 27.6 Å². The van der Waals surface area contributed by atoms with Crippen molar-refractivity contribution in [2.75, 3.05) is 12.0 Å². The summed E-state index contributed by atoms with van der Waals surface area (Å²) in [5, 5.41) is 11.7. The molecular weight excluding hydrogens is 419 g/mol. The summed E-state index contributed by atoms with van der Waals surface area (Å²) < 4.78 is 44.2. The van der Waals surface area contributed by atoms with Crippen molar-refractivity contribution in [3.8, 4) is 16.9 Å². The molecule has 10 heteroatoms. The molecule has 0 aliphatic carbocycles. The number of hydrogen-bond acceptors (Lipinski definition) is 5. The Morgan fingerprint density at radius 3 is 2.60 bits per heavy atom. The Morgan fingerprint density at radius 2 is 1.97 bits per heavy atom. The van der Waals surface area contributed by atoms with Gasteiger partial charge in [-0.2, -0.15) is 13.2 Å². The van der Waals surface area contributed by atoms with Crippen LogP contribution in [0.3, 0.4) is 0 Å². The number of anilines is 1. The van der Waals surface area contributed by atoms with E-state index < -0.39 is 18.0 Å². The van der Waals surface area contributed by atoms with Crippen LogP contribution in [0.2, 0.25) is 0 Å². The number of amides is 1. The number of halogens is 3. The van der Waals surface area contributed by atoms with Crippen molar-refractivity contribution in [3.05, 3.63) is 58.5 Å². The maximum absolute atomic E-state index is 12.9. The second kappa shape index (κ2) is 8.31. The molecule has 0 radical (unpaired) electrons. The minimum atomic E-state index is -4.56. The summed E-state index contributed by atoms with van der Waals surface area (Å²) in [6, 6.07) is 3.92. The van der Waals surface area contributed by atoms with E-state index in [0.717, 1.165) is 39.6 Å². The number of ether oxygens (including phenoxy) is 1. The SMILES string of the molecule is COc1c(C)cnc(CN(C(=O)O)c2cc(-c3ccnc(C(F)(F)F)c3)cs2)c1C. The van der Waals surface area contributed by atoms with Crippen LogP contribution in [0.25, 0.3) is 11.1 Å². The minimum Gasteiger partial charge on any atom is -0.496 e. The summed E-state index contributed by atoms with van der Waals surface area (Å²) in [5.41, 5.74) is 1.85. The predicted octanol–water partition coefficient (Wildman–Crippen LogP) is 5.53. The van der Waals surface area contributed by atoms with Gasteiger partial charge in [-0.3, -0.25) is 14.9 Å². The molecule has 3 aromatic heterocycles. The highest BCUT2D eigenvalue weighted by atomic mass is 32.1. The molecule has 0 spiro atoms. The van der Waals surface area contributed by atoms with Crippen LogP contribution in [0.4, 0.5) is 23.0 Å². The van der Waals surface area contributed by atoms with Gasteiger partial charge in [0, 0.05) is 28.9 Å². The van der Waals surface area contributed by atoms with Crippen LogP contribution < -0.4 is 9.64 Å². The summed E-state index contributed by atoms with van der Waals surface area (Å²) >= 11 is 1.12. The molecule has 30 heavy (non-hydrogen) atoms. The Hall–Kier alpha value is -3.14. The summed E-state index contributed by atoms with van der Waals surface area (Å²) in [6.45, 7) is 3.61. The number of methoxy groups -OCH3 is 1.